The second kappa shape index (κ2) is 4.36. The number of carbonyl (C=O) groups is 2. The summed E-state index contributed by atoms with van der Waals surface area (Å²) in [5.74, 6) is 0.225. The minimum absolute atomic E-state index is 0.227. The fraction of sp³-hybridized carbons (Fsp3) is 0.400. The van der Waals surface area contributed by atoms with Crippen LogP contribution in [0.2, 0.25) is 0 Å². The zero-order valence-electron chi connectivity index (χ0n) is 8.59. The predicted octanol–water partition coefficient (Wildman–Crippen LogP) is -0.217. The fourth-order valence-electron chi connectivity index (χ4n) is 1.66. The maximum atomic E-state index is 11.2. The molecule has 0 saturated carbocycles. The monoisotopic (exact) mass is 224 g/mol. The average Bonchev–Trinajstić information content (AvgIpc) is 2.77. The molecule has 0 spiro atoms. The first-order valence-electron chi connectivity index (χ1n) is 4.91. The molecule has 0 radical (unpaired) electrons. The molecule has 2 rings (SSSR count). The molecular weight excluding hydrogens is 212 g/mol. The van der Waals surface area contributed by atoms with Crippen LogP contribution in [0.4, 0.5) is 5.88 Å². The summed E-state index contributed by atoms with van der Waals surface area (Å²) in [6, 6.07) is 2.65. The van der Waals surface area contributed by atoms with Crippen LogP contribution in [0.3, 0.4) is 0 Å². The molecule has 86 valence electrons. The molecule has 2 heterocycles. The third-order valence-corrected chi connectivity index (χ3v) is 2.47. The first-order valence-corrected chi connectivity index (χ1v) is 4.91. The molecule has 1 aromatic rings. The number of primary amides is 1. The third kappa shape index (κ3) is 1.92. The van der Waals surface area contributed by atoms with Crippen LogP contribution in [0, 0.1) is 0 Å². The summed E-state index contributed by atoms with van der Waals surface area (Å²) in [5.41, 5.74) is 5.26. The van der Waals surface area contributed by atoms with E-state index in [1.54, 1.807) is 17.0 Å². The van der Waals surface area contributed by atoms with Gasteiger partial charge in [0.1, 0.15) is 6.04 Å². The van der Waals surface area contributed by atoms with Crippen LogP contribution in [-0.4, -0.2) is 38.0 Å². The molecular formula is C10H12N2O4. The Morgan fingerprint density at radius 2 is 2.38 bits per heavy atom. The van der Waals surface area contributed by atoms with E-state index in [1.807, 2.05) is 0 Å². The number of carbonyl (C=O) groups excluding carboxylic acids is 2. The summed E-state index contributed by atoms with van der Waals surface area (Å²) in [6.45, 7) is 1.26. The highest BCUT2D eigenvalue weighted by Gasteiger charge is 2.29. The van der Waals surface area contributed by atoms with Crippen molar-refractivity contribution in [2.45, 2.75) is 6.04 Å². The first kappa shape index (κ1) is 10.7. The van der Waals surface area contributed by atoms with E-state index in [0.29, 0.717) is 25.3 Å². The van der Waals surface area contributed by atoms with Crippen molar-refractivity contribution < 1.29 is 18.7 Å². The number of rotatable bonds is 3. The molecule has 16 heavy (non-hydrogen) atoms. The molecule has 1 aliphatic rings. The Morgan fingerprint density at radius 3 is 3.00 bits per heavy atom. The summed E-state index contributed by atoms with van der Waals surface area (Å²) in [6.07, 6.45) is 0.614. The SMILES string of the molecule is NC(=O)C1COCCN1c1ccc(C=O)o1. The molecule has 1 aliphatic heterocycles. The lowest BCUT2D eigenvalue weighted by molar-refractivity contribution is -0.121. The van der Waals surface area contributed by atoms with Gasteiger partial charge >= 0.3 is 0 Å². The van der Waals surface area contributed by atoms with E-state index in [2.05, 4.69) is 0 Å². The quantitative estimate of drug-likeness (QED) is 0.717. The van der Waals surface area contributed by atoms with Gasteiger partial charge in [-0.3, -0.25) is 9.59 Å². The predicted molar refractivity (Wildman–Crippen MR) is 55.2 cm³/mol. The van der Waals surface area contributed by atoms with Crippen molar-refractivity contribution in [1.29, 1.82) is 0 Å². The molecule has 1 saturated heterocycles. The van der Waals surface area contributed by atoms with Crippen LogP contribution in [0.25, 0.3) is 0 Å². The number of hydrogen-bond acceptors (Lipinski definition) is 5. The molecule has 1 aromatic heterocycles. The highest BCUT2D eigenvalue weighted by molar-refractivity contribution is 5.83. The summed E-state index contributed by atoms with van der Waals surface area (Å²) in [4.78, 5) is 23.4. The topological polar surface area (TPSA) is 85.8 Å². The van der Waals surface area contributed by atoms with Crippen molar-refractivity contribution in [3.63, 3.8) is 0 Å². The maximum absolute atomic E-state index is 11.2. The van der Waals surface area contributed by atoms with E-state index in [4.69, 9.17) is 14.9 Å². The summed E-state index contributed by atoms with van der Waals surface area (Å²) < 4.78 is 10.4. The highest BCUT2D eigenvalue weighted by atomic mass is 16.5. The number of ether oxygens (including phenoxy) is 1. The van der Waals surface area contributed by atoms with Crippen molar-refractivity contribution in [2.75, 3.05) is 24.7 Å². The van der Waals surface area contributed by atoms with Gasteiger partial charge < -0.3 is 19.8 Å². The molecule has 0 aliphatic carbocycles. The number of furan rings is 1. The van der Waals surface area contributed by atoms with Gasteiger partial charge in [-0.25, -0.2) is 0 Å². The molecule has 6 nitrogen and oxygen atoms in total. The Balaban J connectivity index is 2.22. The molecule has 1 fully saturated rings. The lowest BCUT2D eigenvalue weighted by Crippen LogP contribution is -2.52. The van der Waals surface area contributed by atoms with Gasteiger partial charge in [0.15, 0.2) is 17.9 Å². The van der Waals surface area contributed by atoms with Gasteiger partial charge in [-0.15, -0.1) is 0 Å². The zero-order valence-corrected chi connectivity index (χ0v) is 8.59. The number of anilines is 1. The van der Waals surface area contributed by atoms with Gasteiger partial charge in [-0.2, -0.15) is 0 Å². The van der Waals surface area contributed by atoms with Crippen LogP contribution in [0.15, 0.2) is 16.5 Å². The molecule has 2 N–H and O–H groups in total. The number of hydrogen-bond donors (Lipinski definition) is 1. The van der Waals surface area contributed by atoms with E-state index in [1.165, 1.54) is 0 Å². The fourth-order valence-corrected chi connectivity index (χ4v) is 1.66. The lowest BCUT2D eigenvalue weighted by atomic mass is 10.2. The normalized spacial score (nSPS) is 20.8. The van der Waals surface area contributed by atoms with Crippen LogP contribution in [-0.2, 0) is 9.53 Å². The van der Waals surface area contributed by atoms with Gasteiger partial charge in [-0.1, -0.05) is 0 Å². The summed E-state index contributed by atoms with van der Waals surface area (Å²) in [5, 5.41) is 0. The van der Waals surface area contributed by atoms with E-state index in [-0.39, 0.29) is 12.4 Å². The minimum atomic E-state index is -0.542. The summed E-state index contributed by atoms with van der Waals surface area (Å²) in [7, 11) is 0. The zero-order chi connectivity index (χ0) is 11.5. The van der Waals surface area contributed by atoms with Crippen molar-refractivity contribution in [2.24, 2.45) is 5.73 Å². The maximum Gasteiger partial charge on any atom is 0.242 e. The van der Waals surface area contributed by atoms with E-state index in [9.17, 15) is 9.59 Å². The Kier molecular flexibility index (Phi) is 2.91. The third-order valence-electron chi connectivity index (χ3n) is 2.47. The summed E-state index contributed by atoms with van der Waals surface area (Å²) >= 11 is 0. The largest absolute Gasteiger partial charge is 0.438 e. The second-order valence-corrected chi connectivity index (χ2v) is 3.48. The number of amides is 1. The van der Waals surface area contributed by atoms with Crippen LogP contribution in [0.1, 0.15) is 10.6 Å². The smallest absolute Gasteiger partial charge is 0.242 e. The van der Waals surface area contributed by atoms with Gasteiger partial charge in [0, 0.05) is 12.6 Å². The van der Waals surface area contributed by atoms with Crippen LogP contribution >= 0.6 is 0 Å². The molecule has 1 amide bonds. The van der Waals surface area contributed by atoms with Gasteiger partial charge in [-0.05, 0) is 6.07 Å². The van der Waals surface area contributed by atoms with Crippen molar-refractivity contribution in [3.8, 4) is 0 Å². The standard InChI is InChI=1S/C10H12N2O4/c11-10(14)8-6-15-4-3-12(8)9-2-1-7(5-13)16-9/h1-2,5,8H,3-4,6H2,(H2,11,14). The van der Waals surface area contributed by atoms with E-state index in [0.717, 1.165) is 0 Å². The molecule has 0 bridgehead atoms. The Bertz CT molecular complexity index is 401. The molecule has 1 unspecified atom stereocenters. The average molecular weight is 224 g/mol. The number of nitrogens with two attached hydrogens (primary N) is 1. The highest BCUT2D eigenvalue weighted by Crippen LogP contribution is 2.21. The van der Waals surface area contributed by atoms with Gasteiger partial charge in [0.05, 0.1) is 13.2 Å². The Hall–Kier alpha value is -1.82. The van der Waals surface area contributed by atoms with E-state index < -0.39 is 11.9 Å². The van der Waals surface area contributed by atoms with Crippen LogP contribution < -0.4 is 10.6 Å². The first-order chi connectivity index (χ1) is 7.72. The molecule has 1 atom stereocenters. The van der Waals surface area contributed by atoms with Gasteiger partial charge in [0.25, 0.3) is 0 Å². The molecule has 0 aromatic carbocycles. The van der Waals surface area contributed by atoms with Crippen molar-refractivity contribution >= 4 is 18.1 Å². The number of aldehydes is 1. The minimum Gasteiger partial charge on any atom is -0.438 e. The molecule has 6 heteroatoms. The Labute approximate surface area is 91.9 Å². The number of morpholine rings is 1. The van der Waals surface area contributed by atoms with Crippen molar-refractivity contribution in [1.82, 2.24) is 0 Å². The lowest BCUT2D eigenvalue weighted by Gasteiger charge is -2.33. The van der Waals surface area contributed by atoms with Gasteiger partial charge in [0.2, 0.25) is 5.91 Å². The van der Waals surface area contributed by atoms with E-state index >= 15 is 0 Å². The van der Waals surface area contributed by atoms with Crippen LogP contribution in [0.5, 0.6) is 0 Å². The second-order valence-electron chi connectivity index (χ2n) is 3.48. The van der Waals surface area contributed by atoms with Crippen molar-refractivity contribution in [3.05, 3.63) is 17.9 Å². The Morgan fingerprint density at radius 1 is 1.56 bits per heavy atom. The number of nitrogens with zero attached hydrogens (tertiary/aromatic N) is 1.